The molecule has 1 aromatic heterocycles. The Bertz CT molecular complexity index is 1460. The number of aliphatic imine (C=N–C) groups is 1. The van der Waals surface area contributed by atoms with Crippen LogP contribution in [0.25, 0.3) is 0 Å². The molecule has 1 saturated carbocycles. The standard InChI is InChI=1S/C30H32N6O4/c1-30(18-37,19-13-14-19)25(38)17-36-24-12-4-3-10-22(24)26(23-11-5-6-15-32-23)34-27(28(36)39)35-29(40)33-21-9-7-8-20(16-21)31-2/h3-12,15-16,19,27,31,37H,13-14,17-18H2,1-2H3,(H2,33,35,40)/t27-,30+/m0/s1. The monoisotopic (exact) mass is 540 g/mol. The molecular formula is C30H32N6O4. The van der Waals surface area contributed by atoms with E-state index in [1.807, 2.05) is 24.3 Å². The lowest BCUT2D eigenvalue weighted by Gasteiger charge is -2.31. The number of fused-ring (bicyclic) bond motifs is 1. The molecule has 0 saturated heterocycles. The predicted molar refractivity (Wildman–Crippen MR) is 154 cm³/mol. The molecule has 5 rings (SSSR count). The minimum Gasteiger partial charge on any atom is -0.395 e. The van der Waals surface area contributed by atoms with Crippen LogP contribution in [-0.2, 0) is 9.59 Å². The summed E-state index contributed by atoms with van der Waals surface area (Å²) in [5.41, 5.74) is 2.39. The Morgan fingerprint density at radius 1 is 1.05 bits per heavy atom. The average Bonchev–Trinajstić information content (AvgIpc) is 3.84. The highest BCUT2D eigenvalue weighted by molar-refractivity contribution is 6.20. The topological polar surface area (TPSA) is 136 Å². The lowest BCUT2D eigenvalue weighted by Crippen LogP contribution is -2.51. The van der Waals surface area contributed by atoms with E-state index in [2.05, 4.69) is 25.9 Å². The average molecular weight is 541 g/mol. The quantitative estimate of drug-likeness (QED) is 0.328. The number of rotatable bonds is 9. The van der Waals surface area contributed by atoms with Crippen molar-refractivity contribution in [2.45, 2.75) is 25.9 Å². The summed E-state index contributed by atoms with van der Waals surface area (Å²) in [7, 11) is 1.77. The van der Waals surface area contributed by atoms with E-state index >= 15 is 0 Å². The number of hydrogen-bond acceptors (Lipinski definition) is 7. The van der Waals surface area contributed by atoms with Crippen LogP contribution in [0.3, 0.4) is 0 Å². The number of benzene rings is 2. The summed E-state index contributed by atoms with van der Waals surface area (Å²) >= 11 is 0. The molecule has 1 aliphatic heterocycles. The number of hydrogen-bond donors (Lipinski definition) is 4. The maximum atomic E-state index is 14.0. The number of aliphatic hydroxyl groups excluding tert-OH is 1. The molecule has 1 aliphatic carbocycles. The number of ketones is 1. The zero-order valence-corrected chi connectivity index (χ0v) is 22.4. The minimum atomic E-state index is -1.34. The molecule has 0 unspecified atom stereocenters. The molecule has 0 radical (unpaired) electrons. The van der Waals surface area contributed by atoms with Crippen LogP contribution < -0.4 is 20.9 Å². The fraction of sp³-hybridized carbons (Fsp3) is 0.300. The van der Waals surface area contributed by atoms with Gasteiger partial charge in [0.15, 0.2) is 5.78 Å². The van der Waals surface area contributed by atoms with Crippen molar-refractivity contribution in [3.05, 3.63) is 84.2 Å². The Morgan fingerprint density at radius 2 is 1.80 bits per heavy atom. The first-order valence-corrected chi connectivity index (χ1v) is 13.2. The molecule has 3 aromatic rings. The van der Waals surface area contributed by atoms with Gasteiger partial charge in [-0.3, -0.25) is 14.6 Å². The number of nitrogens with one attached hydrogen (secondary N) is 3. The lowest BCUT2D eigenvalue weighted by molar-refractivity contribution is -0.131. The second kappa shape index (κ2) is 11.3. The van der Waals surface area contributed by atoms with Crippen molar-refractivity contribution in [3.63, 3.8) is 0 Å². The molecule has 0 bridgehead atoms. The van der Waals surface area contributed by atoms with Gasteiger partial charge in [-0.15, -0.1) is 0 Å². The Kier molecular flexibility index (Phi) is 7.61. The van der Waals surface area contributed by atoms with E-state index in [0.29, 0.717) is 28.3 Å². The van der Waals surface area contributed by atoms with Crippen LogP contribution in [0.1, 0.15) is 31.0 Å². The number of Topliss-reactive ketones (excluding diaryl/α,β-unsaturated/α-hetero) is 1. The van der Waals surface area contributed by atoms with E-state index in [0.717, 1.165) is 18.5 Å². The van der Waals surface area contributed by atoms with E-state index < -0.39 is 23.5 Å². The van der Waals surface area contributed by atoms with E-state index in [1.54, 1.807) is 62.6 Å². The Balaban J connectivity index is 1.52. The molecule has 2 atom stereocenters. The number of aliphatic hydroxyl groups is 1. The summed E-state index contributed by atoms with van der Waals surface area (Å²) in [5.74, 6) is -0.730. The third-order valence-corrected chi connectivity index (χ3v) is 7.54. The number of nitrogens with zero attached hydrogens (tertiary/aromatic N) is 3. The van der Waals surface area contributed by atoms with Crippen molar-refractivity contribution >= 4 is 40.5 Å². The van der Waals surface area contributed by atoms with Gasteiger partial charge in [-0.2, -0.15) is 0 Å². The van der Waals surface area contributed by atoms with E-state index in [-0.39, 0.29) is 24.9 Å². The normalized spacial score (nSPS) is 18.1. The predicted octanol–water partition coefficient (Wildman–Crippen LogP) is 3.43. The van der Waals surface area contributed by atoms with Gasteiger partial charge in [-0.1, -0.05) is 37.3 Å². The zero-order chi connectivity index (χ0) is 28.3. The van der Waals surface area contributed by atoms with Crippen molar-refractivity contribution in [2.24, 2.45) is 16.3 Å². The molecule has 2 aromatic carbocycles. The molecular weight excluding hydrogens is 508 g/mol. The summed E-state index contributed by atoms with van der Waals surface area (Å²) in [5, 5.41) is 18.6. The van der Waals surface area contributed by atoms with E-state index in [4.69, 9.17) is 0 Å². The second-order valence-corrected chi connectivity index (χ2v) is 10.2. The summed E-state index contributed by atoms with van der Waals surface area (Å²) in [6.45, 7) is 1.18. The van der Waals surface area contributed by atoms with Gasteiger partial charge in [-0.05, 0) is 55.2 Å². The molecule has 2 heterocycles. The van der Waals surface area contributed by atoms with Gasteiger partial charge >= 0.3 is 6.03 Å². The summed E-state index contributed by atoms with van der Waals surface area (Å²) < 4.78 is 0. The molecule has 10 nitrogen and oxygen atoms in total. The fourth-order valence-electron chi connectivity index (χ4n) is 4.93. The number of amides is 3. The van der Waals surface area contributed by atoms with Crippen LogP contribution in [0.15, 0.2) is 77.9 Å². The highest BCUT2D eigenvalue weighted by Gasteiger charge is 2.47. The highest BCUT2D eigenvalue weighted by Crippen LogP contribution is 2.46. The number of anilines is 3. The largest absolute Gasteiger partial charge is 0.395 e. The highest BCUT2D eigenvalue weighted by atomic mass is 16.3. The number of urea groups is 1. The van der Waals surface area contributed by atoms with Crippen LogP contribution in [0, 0.1) is 11.3 Å². The maximum absolute atomic E-state index is 14.0. The number of pyridine rings is 1. The number of para-hydroxylation sites is 1. The Morgan fingerprint density at radius 3 is 2.50 bits per heavy atom. The van der Waals surface area contributed by atoms with Gasteiger partial charge in [0.25, 0.3) is 5.91 Å². The van der Waals surface area contributed by atoms with Gasteiger partial charge in [0.1, 0.15) is 0 Å². The fourth-order valence-corrected chi connectivity index (χ4v) is 4.93. The third kappa shape index (κ3) is 5.43. The molecule has 0 spiro atoms. The van der Waals surface area contributed by atoms with E-state index in [9.17, 15) is 19.5 Å². The van der Waals surface area contributed by atoms with Crippen LogP contribution >= 0.6 is 0 Å². The zero-order valence-electron chi connectivity index (χ0n) is 22.4. The van der Waals surface area contributed by atoms with Crippen LogP contribution in [-0.4, -0.2) is 59.9 Å². The van der Waals surface area contributed by atoms with Gasteiger partial charge in [0, 0.05) is 30.2 Å². The summed E-state index contributed by atoms with van der Waals surface area (Å²) in [6, 6.07) is 19.0. The smallest absolute Gasteiger partial charge is 0.321 e. The maximum Gasteiger partial charge on any atom is 0.321 e. The van der Waals surface area contributed by atoms with Crippen LogP contribution in [0.2, 0.25) is 0 Å². The Labute approximate surface area is 232 Å². The van der Waals surface area contributed by atoms with Crippen molar-refractivity contribution in [1.82, 2.24) is 10.3 Å². The molecule has 3 amide bonds. The summed E-state index contributed by atoms with van der Waals surface area (Å²) in [6.07, 6.45) is 2.00. The molecule has 2 aliphatic rings. The van der Waals surface area contributed by atoms with Gasteiger partial charge in [0.2, 0.25) is 6.17 Å². The van der Waals surface area contributed by atoms with Crippen molar-refractivity contribution in [1.29, 1.82) is 0 Å². The Hall–Kier alpha value is -4.57. The first-order valence-electron chi connectivity index (χ1n) is 13.2. The third-order valence-electron chi connectivity index (χ3n) is 7.54. The van der Waals surface area contributed by atoms with Crippen molar-refractivity contribution < 1.29 is 19.5 Å². The lowest BCUT2D eigenvalue weighted by atomic mass is 9.81. The van der Waals surface area contributed by atoms with Crippen LogP contribution in [0.4, 0.5) is 21.9 Å². The number of carbonyl (C=O) groups excluding carboxylic acids is 3. The first-order chi connectivity index (χ1) is 19.3. The molecule has 206 valence electrons. The second-order valence-electron chi connectivity index (χ2n) is 10.2. The first kappa shape index (κ1) is 27.0. The molecule has 4 N–H and O–H groups in total. The molecule has 40 heavy (non-hydrogen) atoms. The molecule has 1 fully saturated rings. The van der Waals surface area contributed by atoms with E-state index in [1.165, 1.54) is 4.90 Å². The van der Waals surface area contributed by atoms with Gasteiger partial charge in [-0.25, -0.2) is 9.79 Å². The minimum absolute atomic E-state index is 0.0794. The summed E-state index contributed by atoms with van der Waals surface area (Å²) in [4.78, 5) is 51.2. The van der Waals surface area contributed by atoms with Crippen molar-refractivity contribution in [2.75, 3.05) is 35.7 Å². The number of benzodiazepines with no additional fused rings is 1. The van der Waals surface area contributed by atoms with Gasteiger partial charge < -0.3 is 26.0 Å². The SMILES string of the molecule is CNc1cccc(NC(=O)N[C@@H]2N=C(c3ccccn3)c3ccccc3N(CC(=O)[C@](C)(CO)C3CC3)C2=O)c1. The number of aromatic nitrogens is 1. The van der Waals surface area contributed by atoms with Crippen molar-refractivity contribution in [3.8, 4) is 0 Å². The van der Waals surface area contributed by atoms with Crippen LogP contribution in [0.5, 0.6) is 0 Å². The number of carbonyl (C=O) groups is 3. The van der Waals surface area contributed by atoms with Gasteiger partial charge in [0.05, 0.1) is 35.7 Å². The molecule has 10 heteroatoms.